The number of aryl methyl sites for hydroxylation is 1. The largest absolute Gasteiger partial charge is 0.397 e. The van der Waals surface area contributed by atoms with Crippen molar-refractivity contribution >= 4 is 21.5 Å². The Hall–Kier alpha value is -1.34. The molecule has 0 radical (unpaired) electrons. The lowest BCUT2D eigenvalue weighted by Gasteiger charge is -2.08. The van der Waals surface area contributed by atoms with E-state index in [0.717, 1.165) is 5.56 Å². The highest BCUT2D eigenvalue weighted by atomic mass is 32.2. The Labute approximate surface area is 101 Å². The fraction of sp³-hybridized carbons (Fsp3) is 0.500. The summed E-state index contributed by atoms with van der Waals surface area (Å²) in [6, 6.07) is 1.59. The van der Waals surface area contributed by atoms with Gasteiger partial charge in [0.15, 0.2) is 0 Å². The molecule has 0 amide bonds. The van der Waals surface area contributed by atoms with Gasteiger partial charge >= 0.3 is 0 Å². The minimum absolute atomic E-state index is 0.0913. The van der Waals surface area contributed by atoms with Crippen LogP contribution in [0.4, 0.5) is 11.5 Å². The minimum atomic E-state index is -3.41. The van der Waals surface area contributed by atoms with Crippen LogP contribution in [0, 0.1) is 6.92 Å². The number of nitrogens with two attached hydrogens (primary N) is 1. The number of hydrogen-bond acceptors (Lipinski definition) is 5. The van der Waals surface area contributed by atoms with Gasteiger partial charge in [0.25, 0.3) is 0 Å². The first kappa shape index (κ1) is 13.7. The van der Waals surface area contributed by atoms with Gasteiger partial charge in [-0.1, -0.05) is 0 Å². The SMILES string of the molecule is CCOCCS(=O)(=O)Nc1cc(C)c(N)cn1. The molecule has 96 valence electrons. The summed E-state index contributed by atoms with van der Waals surface area (Å²) in [4.78, 5) is 3.90. The van der Waals surface area contributed by atoms with Gasteiger partial charge in [0, 0.05) is 6.61 Å². The Balaban J connectivity index is 2.66. The third-order valence-electron chi connectivity index (χ3n) is 2.11. The number of hydrogen-bond donors (Lipinski definition) is 2. The maximum Gasteiger partial charge on any atom is 0.236 e. The molecule has 0 bridgehead atoms. The van der Waals surface area contributed by atoms with Gasteiger partial charge in [0.2, 0.25) is 10.0 Å². The second-order valence-corrected chi connectivity index (χ2v) is 5.39. The van der Waals surface area contributed by atoms with E-state index >= 15 is 0 Å². The maximum atomic E-state index is 11.6. The monoisotopic (exact) mass is 259 g/mol. The zero-order valence-electron chi connectivity index (χ0n) is 9.93. The van der Waals surface area contributed by atoms with E-state index in [1.807, 2.05) is 6.92 Å². The lowest BCUT2D eigenvalue weighted by molar-refractivity contribution is 0.163. The first-order valence-electron chi connectivity index (χ1n) is 5.25. The first-order chi connectivity index (χ1) is 7.94. The minimum Gasteiger partial charge on any atom is -0.397 e. The van der Waals surface area contributed by atoms with Crippen LogP contribution in [0.15, 0.2) is 12.3 Å². The van der Waals surface area contributed by atoms with E-state index < -0.39 is 10.0 Å². The summed E-state index contributed by atoms with van der Waals surface area (Å²) in [5.41, 5.74) is 6.90. The van der Waals surface area contributed by atoms with Gasteiger partial charge in [-0.2, -0.15) is 0 Å². The fourth-order valence-electron chi connectivity index (χ4n) is 1.15. The lowest BCUT2D eigenvalue weighted by atomic mass is 10.2. The van der Waals surface area contributed by atoms with Crippen LogP contribution in [0.25, 0.3) is 0 Å². The third-order valence-corrected chi connectivity index (χ3v) is 3.34. The standard InChI is InChI=1S/C10H17N3O3S/c1-3-16-4-5-17(14,15)13-10-6-8(2)9(11)7-12-10/h6-7H,3-5,11H2,1-2H3,(H,12,13). The number of nitrogens with zero attached hydrogens (tertiary/aromatic N) is 1. The second-order valence-electron chi connectivity index (χ2n) is 3.54. The molecule has 7 heteroatoms. The van der Waals surface area contributed by atoms with E-state index in [0.29, 0.717) is 12.3 Å². The third kappa shape index (κ3) is 4.58. The van der Waals surface area contributed by atoms with Gasteiger partial charge in [0.1, 0.15) is 5.82 Å². The van der Waals surface area contributed by atoms with Crippen LogP contribution < -0.4 is 10.5 Å². The molecule has 1 aromatic rings. The molecule has 6 nitrogen and oxygen atoms in total. The van der Waals surface area contributed by atoms with Crippen molar-refractivity contribution in [1.82, 2.24) is 4.98 Å². The fourth-order valence-corrected chi connectivity index (χ4v) is 2.02. The summed E-state index contributed by atoms with van der Waals surface area (Å²) in [6.45, 7) is 4.26. The summed E-state index contributed by atoms with van der Waals surface area (Å²) < 4.78 is 30.6. The average Bonchev–Trinajstić information content (AvgIpc) is 2.23. The Kier molecular flexibility index (Phi) is 4.71. The smallest absolute Gasteiger partial charge is 0.236 e. The van der Waals surface area contributed by atoms with E-state index in [9.17, 15) is 8.42 Å². The molecule has 0 fully saturated rings. The molecule has 0 unspecified atom stereocenters. The molecule has 0 aliphatic rings. The van der Waals surface area contributed by atoms with Crippen LogP contribution in [-0.2, 0) is 14.8 Å². The van der Waals surface area contributed by atoms with Crippen LogP contribution in [0.1, 0.15) is 12.5 Å². The van der Waals surface area contributed by atoms with Gasteiger partial charge in [-0.05, 0) is 25.5 Å². The van der Waals surface area contributed by atoms with Crippen LogP contribution >= 0.6 is 0 Å². The number of aromatic nitrogens is 1. The van der Waals surface area contributed by atoms with Crippen molar-refractivity contribution in [1.29, 1.82) is 0 Å². The van der Waals surface area contributed by atoms with E-state index in [2.05, 4.69) is 9.71 Å². The molecule has 0 aromatic carbocycles. The maximum absolute atomic E-state index is 11.6. The zero-order chi connectivity index (χ0) is 12.9. The number of pyridine rings is 1. The van der Waals surface area contributed by atoms with Crippen LogP contribution in [-0.4, -0.2) is 32.4 Å². The van der Waals surface area contributed by atoms with Crippen molar-refractivity contribution in [2.45, 2.75) is 13.8 Å². The summed E-state index contributed by atoms with van der Waals surface area (Å²) in [5, 5.41) is 0. The first-order valence-corrected chi connectivity index (χ1v) is 6.90. The normalized spacial score (nSPS) is 11.4. The molecule has 3 N–H and O–H groups in total. The number of ether oxygens (including phenoxy) is 1. The highest BCUT2D eigenvalue weighted by Gasteiger charge is 2.11. The van der Waals surface area contributed by atoms with Gasteiger partial charge in [0.05, 0.1) is 24.2 Å². The molecule has 0 spiro atoms. The average molecular weight is 259 g/mol. The highest BCUT2D eigenvalue weighted by Crippen LogP contribution is 2.14. The Morgan fingerprint density at radius 3 is 2.82 bits per heavy atom. The molecule has 0 aliphatic heterocycles. The highest BCUT2D eigenvalue weighted by molar-refractivity contribution is 7.92. The van der Waals surface area contributed by atoms with Gasteiger partial charge in [-0.15, -0.1) is 0 Å². The van der Waals surface area contributed by atoms with Crippen molar-refractivity contribution < 1.29 is 13.2 Å². The number of anilines is 2. The predicted molar refractivity (Wildman–Crippen MR) is 67.3 cm³/mol. The number of rotatable bonds is 6. The zero-order valence-corrected chi connectivity index (χ0v) is 10.8. The van der Waals surface area contributed by atoms with Crippen molar-refractivity contribution in [3.05, 3.63) is 17.8 Å². The summed E-state index contributed by atoms with van der Waals surface area (Å²) >= 11 is 0. The Morgan fingerprint density at radius 2 is 2.24 bits per heavy atom. The van der Waals surface area contributed by atoms with E-state index in [1.165, 1.54) is 6.20 Å². The van der Waals surface area contributed by atoms with Crippen molar-refractivity contribution in [2.24, 2.45) is 0 Å². The molecular formula is C10H17N3O3S. The molecule has 1 aromatic heterocycles. The predicted octanol–water partition coefficient (Wildman–Crippen LogP) is 0.750. The van der Waals surface area contributed by atoms with Gasteiger partial charge < -0.3 is 10.5 Å². The molecule has 0 atom stereocenters. The number of nitrogens with one attached hydrogen (secondary N) is 1. The van der Waals surface area contributed by atoms with Crippen molar-refractivity contribution in [3.63, 3.8) is 0 Å². The Morgan fingerprint density at radius 1 is 1.53 bits per heavy atom. The van der Waals surface area contributed by atoms with E-state index in [1.54, 1.807) is 13.0 Å². The summed E-state index contributed by atoms with van der Waals surface area (Å²) in [5.74, 6) is 0.180. The van der Waals surface area contributed by atoms with Gasteiger partial charge in [-0.25, -0.2) is 13.4 Å². The van der Waals surface area contributed by atoms with Crippen molar-refractivity contribution in [3.8, 4) is 0 Å². The van der Waals surface area contributed by atoms with Crippen molar-refractivity contribution in [2.75, 3.05) is 29.4 Å². The summed E-state index contributed by atoms with van der Waals surface area (Å²) in [7, 11) is -3.41. The molecule has 1 rings (SSSR count). The Bertz CT molecular complexity index is 474. The number of nitrogen functional groups attached to an aromatic ring is 1. The molecule has 17 heavy (non-hydrogen) atoms. The van der Waals surface area contributed by atoms with Crippen LogP contribution in [0.3, 0.4) is 0 Å². The van der Waals surface area contributed by atoms with Gasteiger partial charge in [-0.3, -0.25) is 4.72 Å². The quantitative estimate of drug-likeness (QED) is 0.735. The molecule has 0 saturated carbocycles. The topological polar surface area (TPSA) is 94.3 Å². The van der Waals surface area contributed by atoms with Crippen LogP contribution in [0.2, 0.25) is 0 Å². The molecule has 0 saturated heterocycles. The van der Waals surface area contributed by atoms with E-state index in [4.69, 9.17) is 10.5 Å². The molecule has 0 aliphatic carbocycles. The lowest BCUT2D eigenvalue weighted by Crippen LogP contribution is -2.20. The van der Waals surface area contributed by atoms with Crippen LogP contribution in [0.5, 0.6) is 0 Å². The summed E-state index contributed by atoms with van der Waals surface area (Å²) in [6.07, 6.45) is 1.43. The van der Waals surface area contributed by atoms with E-state index in [-0.39, 0.29) is 18.2 Å². The molecule has 1 heterocycles. The second kappa shape index (κ2) is 5.83. The number of sulfonamides is 1. The molecular weight excluding hydrogens is 242 g/mol.